The number of halogens is 1. The van der Waals surface area contributed by atoms with Gasteiger partial charge in [-0.25, -0.2) is 4.68 Å². The average Bonchev–Trinajstić information content (AvgIpc) is 3.05. The van der Waals surface area contributed by atoms with Crippen molar-refractivity contribution in [3.8, 4) is 5.69 Å². The van der Waals surface area contributed by atoms with Crippen LogP contribution in [-0.2, 0) is 0 Å². The first-order valence-electron chi connectivity index (χ1n) is 8.10. The van der Waals surface area contributed by atoms with Crippen LogP contribution >= 0.6 is 12.4 Å². The predicted octanol–water partition coefficient (Wildman–Crippen LogP) is 2.07. The summed E-state index contributed by atoms with van der Waals surface area (Å²) in [5.41, 5.74) is 2.48. The monoisotopic (exact) mass is 349 g/mol. The van der Waals surface area contributed by atoms with E-state index in [1.165, 1.54) is 6.42 Å². The number of hydrogen-bond donors (Lipinski definition) is 1. The Kier molecular flexibility index (Phi) is 6.34. The molecule has 2 heterocycles. The number of piperidine rings is 1. The van der Waals surface area contributed by atoms with Crippen LogP contribution in [0.4, 0.5) is 0 Å². The van der Waals surface area contributed by atoms with Gasteiger partial charge < -0.3 is 10.2 Å². The summed E-state index contributed by atoms with van der Waals surface area (Å²) in [6, 6.07) is 7.98. The molecule has 3 rings (SSSR count). The van der Waals surface area contributed by atoms with E-state index < -0.39 is 0 Å². The molecule has 1 saturated heterocycles. The molecule has 1 unspecified atom stereocenters. The summed E-state index contributed by atoms with van der Waals surface area (Å²) in [7, 11) is 1.95. The highest BCUT2D eigenvalue weighted by Crippen LogP contribution is 2.18. The van der Waals surface area contributed by atoms with Gasteiger partial charge in [0.2, 0.25) is 0 Å². The van der Waals surface area contributed by atoms with Crippen molar-refractivity contribution in [3.63, 3.8) is 0 Å². The van der Waals surface area contributed by atoms with E-state index in [2.05, 4.69) is 15.6 Å². The lowest BCUT2D eigenvalue weighted by molar-refractivity contribution is 0.0668. The van der Waals surface area contributed by atoms with Crippen molar-refractivity contribution in [3.05, 3.63) is 41.7 Å². The van der Waals surface area contributed by atoms with Crippen LogP contribution in [0.2, 0.25) is 0 Å². The second-order valence-electron chi connectivity index (χ2n) is 6.20. The molecule has 0 radical (unpaired) electrons. The summed E-state index contributed by atoms with van der Waals surface area (Å²) in [4.78, 5) is 14.5. The van der Waals surface area contributed by atoms with Gasteiger partial charge in [0.1, 0.15) is 0 Å². The van der Waals surface area contributed by atoms with Crippen molar-refractivity contribution in [2.75, 3.05) is 26.7 Å². The largest absolute Gasteiger partial charge is 0.337 e. The van der Waals surface area contributed by atoms with Gasteiger partial charge in [-0.05, 0) is 57.0 Å². The van der Waals surface area contributed by atoms with Crippen LogP contribution in [0.25, 0.3) is 5.69 Å². The molecule has 1 aliphatic heterocycles. The number of benzene rings is 1. The standard InChI is InChI=1S/C17H23N5O.ClH/c1-13-5-3-7-15(9-13)22-12-16(19-20-22)17(23)21-8-4-6-14(11-21)10-18-2;/h3,5,7,9,12,14,18H,4,6,8,10-11H2,1-2H3;1H. The minimum Gasteiger partial charge on any atom is -0.337 e. The fourth-order valence-corrected chi connectivity index (χ4v) is 3.13. The van der Waals surface area contributed by atoms with Crippen LogP contribution in [0.1, 0.15) is 28.9 Å². The van der Waals surface area contributed by atoms with Crippen LogP contribution in [0.15, 0.2) is 30.5 Å². The topological polar surface area (TPSA) is 63.1 Å². The number of amides is 1. The molecule has 0 spiro atoms. The van der Waals surface area contributed by atoms with Crippen molar-refractivity contribution in [1.82, 2.24) is 25.2 Å². The summed E-state index contributed by atoms with van der Waals surface area (Å²) in [5.74, 6) is 0.495. The van der Waals surface area contributed by atoms with Crippen LogP contribution in [-0.4, -0.2) is 52.5 Å². The third-order valence-electron chi connectivity index (χ3n) is 4.28. The average molecular weight is 350 g/mol. The smallest absolute Gasteiger partial charge is 0.276 e. The van der Waals surface area contributed by atoms with Gasteiger partial charge in [-0.2, -0.15) is 0 Å². The number of carbonyl (C=O) groups excluding carboxylic acids is 1. The number of rotatable bonds is 4. The Labute approximate surface area is 148 Å². The van der Waals surface area contributed by atoms with Crippen LogP contribution in [0, 0.1) is 12.8 Å². The van der Waals surface area contributed by atoms with E-state index in [1.807, 2.05) is 43.1 Å². The van der Waals surface area contributed by atoms with Gasteiger partial charge in [-0.1, -0.05) is 17.3 Å². The molecule has 1 fully saturated rings. The van der Waals surface area contributed by atoms with Crippen LogP contribution < -0.4 is 5.32 Å². The Bertz CT molecular complexity index is 685. The van der Waals surface area contributed by atoms with E-state index >= 15 is 0 Å². The summed E-state index contributed by atoms with van der Waals surface area (Å²) in [6.07, 6.45) is 3.93. The quantitative estimate of drug-likeness (QED) is 0.917. The number of aromatic nitrogens is 3. The highest BCUT2D eigenvalue weighted by Gasteiger charge is 2.25. The van der Waals surface area contributed by atoms with E-state index in [0.717, 1.165) is 37.3 Å². The van der Waals surface area contributed by atoms with Crippen molar-refractivity contribution in [2.24, 2.45) is 5.92 Å². The number of likely N-dealkylation sites (tertiary alicyclic amines) is 1. The van der Waals surface area contributed by atoms with Gasteiger partial charge >= 0.3 is 0 Å². The molecule has 24 heavy (non-hydrogen) atoms. The van der Waals surface area contributed by atoms with Crippen molar-refractivity contribution in [2.45, 2.75) is 19.8 Å². The maximum atomic E-state index is 12.7. The molecule has 1 atom stereocenters. The first-order valence-corrected chi connectivity index (χ1v) is 8.10. The number of nitrogens with zero attached hydrogens (tertiary/aromatic N) is 4. The van der Waals surface area contributed by atoms with E-state index in [4.69, 9.17) is 0 Å². The second kappa shape index (κ2) is 8.26. The highest BCUT2D eigenvalue weighted by atomic mass is 35.5. The fourth-order valence-electron chi connectivity index (χ4n) is 3.13. The zero-order valence-electron chi connectivity index (χ0n) is 14.1. The second-order valence-corrected chi connectivity index (χ2v) is 6.20. The molecule has 1 aromatic heterocycles. The Balaban J connectivity index is 0.00000208. The third kappa shape index (κ3) is 4.13. The molecule has 1 amide bonds. The first-order chi connectivity index (χ1) is 11.2. The predicted molar refractivity (Wildman–Crippen MR) is 95.9 cm³/mol. The van der Waals surface area contributed by atoms with E-state index in [-0.39, 0.29) is 18.3 Å². The Hall–Kier alpha value is -1.92. The third-order valence-corrected chi connectivity index (χ3v) is 4.28. The SMILES string of the molecule is CNCC1CCCN(C(=O)c2cn(-c3cccc(C)c3)nn2)C1.Cl. The van der Waals surface area contributed by atoms with E-state index in [1.54, 1.807) is 10.9 Å². The summed E-state index contributed by atoms with van der Waals surface area (Å²) < 4.78 is 1.66. The lowest BCUT2D eigenvalue weighted by atomic mass is 9.98. The normalized spacial score (nSPS) is 17.4. The van der Waals surface area contributed by atoms with Gasteiger partial charge in [0.05, 0.1) is 11.9 Å². The molecule has 0 aliphatic carbocycles. The van der Waals surface area contributed by atoms with Gasteiger partial charge in [0.15, 0.2) is 5.69 Å². The lowest BCUT2D eigenvalue weighted by Gasteiger charge is -2.32. The Morgan fingerprint density at radius 3 is 3.00 bits per heavy atom. The Morgan fingerprint density at radius 2 is 2.25 bits per heavy atom. The van der Waals surface area contributed by atoms with Crippen LogP contribution in [0.3, 0.4) is 0 Å². The number of carbonyl (C=O) groups is 1. The van der Waals surface area contributed by atoms with Gasteiger partial charge in [0, 0.05) is 13.1 Å². The first kappa shape index (κ1) is 18.4. The van der Waals surface area contributed by atoms with E-state index in [0.29, 0.717) is 11.6 Å². The molecule has 2 aromatic rings. The van der Waals surface area contributed by atoms with Gasteiger partial charge in [0.25, 0.3) is 5.91 Å². The highest BCUT2D eigenvalue weighted by molar-refractivity contribution is 5.92. The summed E-state index contributed by atoms with van der Waals surface area (Å²) in [6.45, 7) is 4.56. The fraction of sp³-hybridized carbons (Fsp3) is 0.471. The molecule has 1 aromatic carbocycles. The van der Waals surface area contributed by atoms with Crippen molar-refractivity contribution >= 4 is 18.3 Å². The summed E-state index contributed by atoms with van der Waals surface area (Å²) >= 11 is 0. The zero-order valence-corrected chi connectivity index (χ0v) is 14.9. The van der Waals surface area contributed by atoms with Crippen LogP contribution in [0.5, 0.6) is 0 Å². The molecule has 1 N–H and O–H groups in total. The maximum Gasteiger partial charge on any atom is 0.276 e. The number of hydrogen-bond acceptors (Lipinski definition) is 4. The minimum atomic E-state index is -0.0234. The van der Waals surface area contributed by atoms with Crippen molar-refractivity contribution in [1.29, 1.82) is 0 Å². The van der Waals surface area contributed by atoms with E-state index in [9.17, 15) is 4.79 Å². The molecule has 130 valence electrons. The molecule has 0 saturated carbocycles. The zero-order chi connectivity index (χ0) is 16.2. The number of nitrogens with one attached hydrogen (secondary N) is 1. The van der Waals surface area contributed by atoms with Gasteiger partial charge in [-0.3, -0.25) is 4.79 Å². The van der Waals surface area contributed by atoms with Gasteiger partial charge in [-0.15, -0.1) is 17.5 Å². The molecule has 0 bridgehead atoms. The lowest BCUT2D eigenvalue weighted by Crippen LogP contribution is -2.42. The molecule has 1 aliphatic rings. The molecule has 6 nitrogen and oxygen atoms in total. The number of aryl methyl sites for hydroxylation is 1. The van der Waals surface area contributed by atoms with Crippen molar-refractivity contribution < 1.29 is 4.79 Å². The molecule has 7 heteroatoms. The minimum absolute atomic E-state index is 0. The maximum absolute atomic E-state index is 12.7. The molecular weight excluding hydrogens is 326 g/mol. The summed E-state index contributed by atoms with van der Waals surface area (Å²) in [5, 5.41) is 11.4. The molecular formula is C17H24ClN5O. The Morgan fingerprint density at radius 1 is 1.42 bits per heavy atom.